The molecule has 1 unspecified atom stereocenters. The molecular formula is C11H21N5O2. The predicted molar refractivity (Wildman–Crippen MR) is 65.8 cm³/mol. The fourth-order valence-electron chi connectivity index (χ4n) is 2.16. The van der Waals surface area contributed by atoms with E-state index in [1.807, 2.05) is 0 Å². The maximum Gasteiger partial charge on any atom is 0.245 e. The molecule has 1 aliphatic heterocycles. The van der Waals surface area contributed by atoms with E-state index in [4.69, 9.17) is 15.4 Å². The molecule has 0 spiro atoms. The van der Waals surface area contributed by atoms with E-state index >= 15 is 0 Å². The lowest BCUT2D eigenvalue weighted by atomic mass is 10.2. The van der Waals surface area contributed by atoms with Crippen molar-refractivity contribution in [2.24, 2.45) is 5.73 Å². The molecule has 0 amide bonds. The standard InChI is InChI=1S/C11H21N5O2/c1-15-4-3-5-16(2)9(6-15)10-13-11(18-14-10)8(12)7-17/h8-9,17H,3-7,12H2,1-2H3/t8-,9?/m0/s1. The molecule has 7 nitrogen and oxygen atoms in total. The molecule has 0 bridgehead atoms. The first-order valence-electron chi connectivity index (χ1n) is 6.20. The summed E-state index contributed by atoms with van der Waals surface area (Å²) >= 11 is 0. The fourth-order valence-corrected chi connectivity index (χ4v) is 2.16. The molecule has 1 aliphatic rings. The zero-order valence-electron chi connectivity index (χ0n) is 10.9. The molecule has 1 aromatic heterocycles. The van der Waals surface area contributed by atoms with Crippen molar-refractivity contribution in [1.29, 1.82) is 0 Å². The Morgan fingerprint density at radius 1 is 1.50 bits per heavy atom. The summed E-state index contributed by atoms with van der Waals surface area (Å²) in [5, 5.41) is 13.0. The van der Waals surface area contributed by atoms with E-state index < -0.39 is 6.04 Å². The summed E-state index contributed by atoms with van der Waals surface area (Å²) in [7, 11) is 4.15. The van der Waals surface area contributed by atoms with Crippen molar-refractivity contribution < 1.29 is 9.63 Å². The highest BCUT2D eigenvalue weighted by atomic mass is 16.5. The van der Waals surface area contributed by atoms with E-state index in [-0.39, 0.29) is 12.6 Å². The van der Waals surface area contributed by atoms with Gasteiger partial charge in [0.2, 0.25) is 5.89 Å². The van der Waals surface area contributed by atoms with Crippen molar-refractivity contribution in [2.75, 3.05) is 40.3 Å². The van der Waals surface area contributed by atoms with Crippen LogP contribution in [0.3, 0.4) is 0 Å². The summed E-state index contributed by atoms with van der Waals surface area (Å²) in [6.07, 6.45) is 1.13. The lowest BCUT2D eigenvalue weighted by Gasteiger charge is -2.24. The van der Waals surface area contributed by atoms with Gasteiger partial charge in [-0.3, -0.25) is 4.90 Å². The third-order valence-electron chi connectivity index (χ3n) is 3.34. The van der Waals surface area contributed by atoms with Gasteiger partial charge in [0, 0.05) is 6.54 Å². The van der Waals surface area contributed by atoms with E-state index in [2.05, 4.69) is 34.0 Å². The lowest BCUT2D eigenvalue weighted by Crippen LogP contribution is -2.31. The second kappa shape index (κ2) is 5.75. The Morgan fingerprint density at radius 3 is 3.00 bits per heavy atom. The largest absolute Gasteiger partial charge is 0.394 e. The molecule has 1 saturated heterocycles. The van der Waals surface area contributed by atoms with Crippen LogP contribution in [0.2, 0.25) is 0 Å². The van der Waals surface area contributed by atoms with Gasteiger partial charge in [-0.2, -0.15) is 4.98 Å². The molecule has 2 rings (SSSR count). The van der Waals surface area contributed by atoms with E-state index in [1.165, 1.54) is 0 Å². The summed E-state index contributed by atoms with van der Waals surface area (Å²) in [4.78, 5) is 8.78. The molecule has 1 aromatic rings. The minimum absolute atomic E-state index is 0.112. The van der Waals surface area contributed by atoms with Gasteiger partial charge in [-0.25, -0.2) is 0 Å². The van der Waals surface area contributed by atoms with Crippen LogP contribution in [0.15, 0.2) is 4.52 Å². The van der Waals surface area contributed by atoms with Crippen molar-refractivity contribution in [3.05, 3.63) is 11.7 Å². The monoisotopic (exact) mass is 255 g/mol. The first-order valence-corrected chi connectivity index (χ1v) is 6.20. The number of rotatable bonds is 3. The number of nitrogens with zero attached hydrogens (tertiary/aromatic N) is 4. The Kier molecular flexibility index (Phi) is 4.28. The lowest BCUT2D eigenvalue weighted by molar-refractivity contribution is 0.212. The fraction of sp³-hybridized carbons (Fsp3) is 0.818. The van der Waals surface area contributed by atoms with E-state index in [1.54, 1.807) is 0 Å². The summed E-state index contributed by atoms with van der Waals surface area (Å²) in [6.45, 7) is 2.75. The SMILES string of the molecule is CN1CCCN(C)C(c2noc([C@@H](N)CO)n2)C1. The van der Waals surface area contributed by atoms with Crippen LogP contribution in [-0.2, 0) is 0 Å². The van der Waals surface area contributed by atoms with Gasteiger partial charge in [0.1, 0.15) is 6.04 Å². The van der Waals surface area contributed by atoms with E-state index in [9.17, 15) is 0 Å². The summed E-state index contributed by atoms with van der Waals surface area (Å²) < 4.78 is 5.10. The van der Waals surface area contributed by atoms with Gasteiger partial charge in [-0.15, -0.1) is 0 Å². The highest BCUT2D eigenvalue weighted by Crippen LogP contribution is 2.21. The highest BCUT2D eigenvalue weighted by molar-refractivity contribution is 4.99. The van der Waals surface area contributed by atoms with Crippen molar-refractivity contribution in [3.63, 3.8) is 0 Å². The Hall–Kier alpha value is -1.02. The zero-order valence-corrected chi connectivity index (χ0v) is 10.9. The van der Waals surface area contributed by atoms with Gasteiger partial charge in [0.15, 0.2) is 5.82 Å². The first-order chi connectivity index (χ1) is 8.61. The number of likely N-dealkylation sites (N-methyl/N-ethyl adjacent to an activating group) is 2. The van der Waals surface area contributed by atoms with Crippen LogP contribution in [0.25, 0.3) is 0 Å². The Labute approximate surface area is 107 Å². The maximum atomic E-state index is 8.98. The number of aromatic nitrogens is 2. The van der Waals surface area contributed by atoms with E-state index in [0.29, 0.717) is 11.7 Å². The van der Waals surface area contributed by atoms with Gasteiger partial charge < -0.3 is 20.3 Å². The van der Waals surface area contributed by atoms with Gasteiger partial charge >= 0.3 is 0 Å². The van der Waals surface area contributed by atoms with Crippen LogP contribution in [0.5, 0.6) is 0 Å². The van der Waals surface area contributed by atoms with Gasteiger partial charge in [-0.1, -0.05) is 5.16 Å². The number of aliphatic hydroxyl groups is 1. The number of hydrogen-bond donors (Lipinski definition) is 2. The molecule has 2 atom stereocenters. The Morgan fingerprint density at radius 2 is 2.28 bits per heavy atom. The topological polar surface area (TPSA) is 91.7 Å². The van der Waals surface area contributed by atoms with Gasteiger partial charge in [-0.05, 0) is 33.6 Å². The predicted octanol–water partition coefficient (Wildman–Crippen LogP) is -0.630. The average molecular weight is 255 g/mol. The summed E-state index contributed by atoms with van der Waals surface area (Å²) in [5.74, 6) is 0.943. The maximum absolute atomic E-state index is 8.98. The minimum atomic E-state index is -0.597. The molecule has 0 radical (unpaired) electrons. The molecular weight excluding hydrogens is 234 g/mol. The zero-order chi connectivity index (χ0) is 13.1. The Bertz CT molecular complexity index is 383. The second-order valence-electron chi connectivity index (χ2n) is 4.89. The Balaban J connectivity index is 2.15. The van der Waals surface area contributed by atoms with Crippen LogP contribution in [-0.4, -0.2) is 65.4 Å². The molecule has 102 valence electrons. The van der Waals surface area contributed by atoms with E-state index in [0.717, 1.165) is 26.1 Å². The molecule has 3 N–H and O–H groups in total. The molecule has 1 fully saturated rings. The average Bonchev–Trinajstić information content (AvgIpc) is 2.77. The number of hydrogen-bond acceptors (Lipinski definition) is 7. The minimum Gasteiger partial charge on any atom is -0.394 e. The van der Waals surface area contributed by atoms with Crippen LogP contribution in [0, 0.1) is 0 Å². The van der Waals surface area contributed by atoms with Crippen molar-refractivity contribution >= 4 is 0 Å². The third kappa shape index (κ3) is 2.86. The second-order valence-corrected chi connectivity index (χ2v) is 4.89. The van der Waals surface area contributed by atoms with Crippen molar-refractivity contribution in [3.8, 4) is 0 Å². The smallest absolute Gasteiger partial charge is 0.245 e. The van der Waals surface area contributed by atoms with Crippen LogP contribution in [0.4, 0.5) is 0 Å². The molecule has 0 aliphatic carbocycles. The van der Waals surface area contributed by atoms with Gasteiger partial charge in [0.05, 0.1) is 12.6 Å². The third-order valence-corrected chi connectivity index (χ3v) is 3.34. The summed E-state index contributed by atoms with van der Waals surface area (Å²) in [6, 6.07) is -0.485. The first kappa shape index (κ1) is 13.4. The number of aliphatic hydroxyl groups excluding tert-OH is 1. The molecule has 7 heteroatoms. The van der Waals surface area contributed by atoms with Gasteiger partial charge in [0.25, 0.3) is 0 Å². The molecule has 0 aromatic carbocycles. The van der Waals surface area contributed by atoms with Crippen molar-refractivity contribution in [2.45, 2.75) is 18.5 Å². The molecule has 18 heavy (non-hydrogen) atoms. The van der Waals surface area contributed by atoms with Crippen LogP contribution >= 0.6 is 0 Å². The molecule has 2 heterocycles. The normalized spacial score (nSPS) is 25.0. The summed E-state index contributed by atoms with van der Waals surface area (Å²) in [5.41, 5.74) is 5.66. The van der Waals surface area contributed by atoms with Crippen LogP contribution < -0.4 is 5.73 Å². The highest BCUT2D eigenvalue weighted by Gasteiger charge is 2.27. The molecule has 0 saturated carbocycles. The number of nitrogens with two attached hydrogens (primary N) is 1. The van der Waals surface area contributed by atoms with Crippen molar-refractivity contribution in [1.82, 2.24) is 19.9 Å². The quantitative estimate of drug-likeness (QED) is 0.743. The van der Waals surface area contributed by atoms with Crippen LogP contribution in [0.1, 0.15) is 30.2 Å².